The third-order valence-electron chi connectivity index (χ3n) is 15.0. The summed E-state index contributed by atoms with van der Waals surface area (Å²) >= 11 is 0. The molecule has 1 unspecified atom stereocenters. The molecule has 0 aliphatic carbocycles. The summed E-state index contributed by atoms with van der Waals surface area (Å²) < 4.78 is 16.9. The molecule has 0 aromatic heterocycles. The Kier molecular flexibility index (Phi) is 66.2. The van der Waals surface area contributed by atoms with E-state index >= 15 is 0 Å². The van der Waals surface area contributed by atoms with Crippen molar-refractivity contribution in [3.05, 3.63) is 109 Å². The molecule has 0 bridgehead atoms. The lowest BCUT2D eigenvalue weighted by Gasteiger charge is -2.18. The second-order valence-corrected chi connectivity index (χ2v) is 23.1. The topological polar surface area (TPSA) is 78.9 Å². The summed E-state index contributed by atoms with van der Waals surface area (Å²) in [7, 11) is 0. The van der Waals surface area contributed by atoms with Crippen LogP contribution in [0.15, 0.2) is 109 Å². The van der Waals surface area contributed by atoms with E-state index in [1.807, 2.05) is 0 Å². The van der Waals surface area contributed by atoms with Gasteiger partial charge in [-0.05, 0) is 128 Å². The molecule has 0 saturated heterocycles. The SMILES string of the molecule is CC/C=C\C/C=C\C/C=C\C/C=C\C/C=C\CCCCCC(=O)OC(COC(=O)CCCCCCC/C=C\CCCCC)COC(=O)CCCCCCCCCCCCCCCCCCCC/C=C\C/C=C\C/C=C\CCCCCCC. The van der Waals surface area contributed by atoms with E-state index in [9.17, 15) is 14.4 Å². The van der Waals surface area contributed by atoms with Gasteiger partial charge >= 0.3 is 17.9 Å². The van der Waals surface area contributed by atoms with Gasteiger partial charge in [-0.3, -0.25) is 14.4 Å². The van der Waals surface area contributed by atoms with E-state index in [1.54, 1.807) is 0 Å². The molecule has 0 radical (unpaired) electrons. The minimum Gasteiger partial charge on any atom is -0.462 e. The number of ether oxygens (including phenoxy) is 3. The van der Waals surface area contributed by atoms with Crippen LogP contribution in [-0.2, 0) is 28.6 Å². The Balaban J connectivity index is 4.21. The van der Waals surface area contributed by atoms with Gasteiger partial charge in [-0.25, -0.2) is 0 Å². The molecule has 0 aromatic carbocycles. The van der Waals surface area contributed by atoms with E-state index in [0.29, 0.717) is 12.8 Å². The number of esters is 3. The van der Waals surface area contributed by atoms with Gasteiger partial charge in [-0.1, -0.05) is 297 Å². The van der Waals surface area contributed by atoms with Crippen molar-refractivity contribution >= 4 is 17.9 Å². The summed E-state index contributed by atoms with van der Waals surface area (Å²) in [6, 6.07) is 0. The van der Waals surface area contributed by atoms with Crippen molar-refractivity contribution < 1.29 is 28.6 Å². The first-order valence-corrected chi connectivity index (χ1v) is 34.9. The number of hydrogen-bond donors (Lipinski definition) is 0. The van der Waals surface area contributed by atoms with Crippen LogP contribution in [0.25, 0.3) is 0 Å². The fraction of sp³-hybridized carbons (Fsp3) is 0.724. The van der Waals surface area contributed by atoms with Gasteiger partial charge < -0.3 is 14.2 Å². The van der Waals surface area contributed by atoms with Crippen LogP contribution >= 0.6 is 0 Å². The third kappa shape index (κ3) is 66.9. The Bertz CT molecular complexity index is 1640. The average Bonchev–Trinajstić information content (AvgIpc) is 3.47. The Morgan fingerprint density at radius 3 is 0.793 bits per heavy atom. The molecule has 0 heterocycles. The fourth-order valence-corrected chi connectivity index (χ4v) is 9.77. The summed E-state index contributed by atoms with van der Waals surface area (Å²) in [6.45, 7) is 6.48. The minimum absolute atomic E-state index is 0.0927. The third-order valence-corrected chi connectivity index (χ3v) is 15.0. The van der Waals surface area contributed by atoms with Gasteiger partial charge in [0.1, 0.15) is 13.2 Å². The van der Waals surface area contributed by atoms with E-state index < -0.39 is 6.10 Å². The number of hydrogen-bond acceptors (Lipinski definition) is 6. The molecule has 0 amide bonds. The van der Waals surface area contributed by atoms with Gasteiger partial charge in [-0.15, -0.1) is 0 Å². The Morgan fingerprint density at radius 1 is 0.256 bits per heavy atom. The molecule has 0 rings (SSSR count). The molecular weight excluding hydrogens is 1010 g/mol. The highest BCUT2D eigenvalue weighted by molar-refractivity contribution is 5.71. The summed E-state index contributed by atoms with van der Waals surface area (Å²) in [5, 5.41) is 0. The second-order valence-electron chi connectivity index (χ2n) is 23.1. The van der Waals surface area contributed by atoms with Crippen LogP contribution in [0.5, 0.6) is 0 Å². The molecule has 1 atom stereocenters. The molecule has 6 nitrogen and oxygen atoms in total. The van der Waals surface area contributed by atoms with Gasteiger partial charge in [0.25, 0.3) is 0 Å². The molecule has 0 saturated carbocycles. The first-order valence-electron chi connectivity index (χ1n) is 34.9. The zero-order valence-corrected chi connectivity index (χ0v) is 54.0. The summed E-state index contributed by atoms with van der Waals surface area (Å²) in [5.74, 6) is -0.925. The average molecular weight is 1140 g/mol. The number of rotatable bonds is 63. The van der Waals surface area contributed by atoms with Crippen LogP contribution in [-0.4, -0.2) is 37.2 Å². The zero-order valence-electron chi connectivity index (χ0n) is 54.0. The number of unbranched alkanes of at least 4 members (excludes halogenated alkanes) is 34. The Morgan fingerprint density at radius 2 is 0.476 bits per heavy atom. The molecular formula is C76H130O6. The van der Waals surface area contributed by atoms with Crippen LogP contribution in [0.1, 0.15) is 335 Å². The van der Waals surface area contributed by atoms with Gasteiger partial charge in [0.15, 0.2) is 6.10 Å². The van der Waals surface area contributed by atoms with E-state index in [0.717, 1.165) is 116 Å². The summed E-state index contributed by atoms with van der Waals surface area (Å²) in [4.78, 5) is 38.3. The molecule has 0 aromatic rings. The van der Waals surface area contributed by atoms with Gasteiger partial charge in [0, 0.05) is 19.3 Å². The first-order chi connectivity index (χ1) is 40.5. The lowest BCUT2D eigenvalue weighted by atomic mass is 10.0. The van der Waals surface area contributed by atoms with Crippen molar-refractivity contribution in [2.75, 3.05) is 13.2 Å². The molecule has 0 fully saturated rings. The normalized spacial score (nSPS) is 12.8. The number of carbonyl (C=O) groups is 3. The number of allylic oxidation sites excluding steroid dienone is 18. The largest absolute Gasteiger partial charge is 0.462 e. The van der Waals surface area contributed by atoms with E-state index in [-0.39, 0.29) is 37.5 Å². The van der Waals surface area contributed by atoms with Gasteiger partial charge in [-0.2, -0.15) is 0 Å². The molecule has 0 aliphatic heterocycles. The van der Waals surface area contributed by atoms with Gasteiger partial charge in [0.05, 0.1) is 0 Å². The van der Waals surface area contributed by atoms with E-state index in [1.165, 1.54) is 180 Å². The van der Waals surface area contributed by atoms with E-state index in [4.69, 9.17) is 14.2 Å². The smallest absolute Gasteiger partial charge is 0.306 e. The second kappa shape index (κ2) is 69.6. The summed E-state index contributed by atoms with van der Waals surface area (Å²) in [6.07, 6.45) is 95.5. The van der Waals surface area contributed by atoms with Crippen LogP contribution in [0.2, 0.25) is 0 Å². The van der Waals surface area contributed by atoms with Crippen LogP contribution in [0, 0.1) is 0 Å². The number of carbonyl (C=O) groups excluding carboxylic acids is 3. The zero-order chi connectivity index (χ0) is 59.2. The summed E-state index contributed by atoms with van der Waals surface area (Å²) in [5.41, 5.74) is 0. The maximum absolute atomic E-state index is 12.9. The van der Waals surface area contributed by atoms with Crippen molar-refractivity contribution in [1.82, 2.24) is 0 Å². The maximum Gasteiger partial charge on any atom is 0.306 e. The predicted molar refractivity (Wildman–Crippen MR) is 357 cm³/mol. The first kappa shape index (κ1) is 78.1. The molecule has 0 spiro atoms. The Labute approximate surface area is 508 Å². The lowest BCUT2D eigenvalue weighted by molar-refractivity contribution is -0.167. The van der Waals surface area contributed by atoms with Crippen molar-refractivity contribution in [2.45, 2.75) is 341 Å². The van der Waals surface area contributed by atoms with Crippen molar-refractivity contribution in [3.8, 4) is 0 Å². The molecule has 470 valence electrons. The maximum atomic E-state index is 12.9. The van der Waals surface area contributed by atoms with Crippen LogP contribution < -0.4 is 0 Å². The fourth-order valence-electron chi connectivity index (χ4n) is 9.77. The molecule has 0 N–H and O–H groups in total. The highest BCUT2D eigenvalue weighted by Gasteiger charge is 2.19. The van der Waals surface area contributed by atoms with Gasteiger partial charge in [0.2, 0.25) is 0 Å². The predicted octanol–water partition coefficient (Wildman–Crippen LogP) is 24.2. The van der Waals surface area contributed by atoms with Crippen LogP contribution in [0.4, 0.5) is 0 Å². The highest BCUT2D eigenvalue weighted by atomic mass is 16.6. The highest BCUT2D eigenvalue weighted by Crippen LogP contribution is 2.17. The van der Waals surface area contributed by atoms with Crippen molar-refractivity contribution in [2.24, 2.45) is 0 Å². The molecule has 0 aliphatic rings. The minimum atomic E-state index is -0.800. The lowest BCUT2D eigenvalue weighted by Crippen LogP contribution is -2.30. The quantitative estimate of drug-likeness (QED) is 0.0261. The standard InChI is InChI=1S/C76H130O6/c1-4-7-10-13-16-19-22-25-27-29-31-32-33-34-35-36-37-38-39-40-41-42-43-44-46-47-49-51-54-57-60-63-66-69-75(78)81-72-73(71-80-74(77)68-65-62-59-56-53-24-21-18-15-12-9-6-3)82-76(79)70-67-64-61-58-55-52-50-48-45-30-28-26-23-20-17-14-11-8-5-2/h8,11,17-18,20-22,25-26,28-29,31,33-34,45,48,52,55,73H,4-7,9-10,12-16,19,23-24,27,30,32,35-44,46-47,49-51,53-54,56-72H2,1-3H3/b11-8-,20-17-,21-18-,25-22-,28-26-,31-29-,34-33-,48-45-,55-52-. The van der Waals surface area contributed by atoms with E-state index in [2.05, 4.69) is 130 Å². The Hall–Kier alpha value is -3.93. The monoisotopic (exact) mass is 1140 g/mol. The molecule has 82 heavy (non-hydrogen) atoms. The van der Waals surface area contributed by atoms with Crippen LogP contribution in [0.3, 0.4) is 0 Å². The molecule has 6 heteroatoms. The van der Waals surface area contributed by atoms with Crippen molar-refractivity contribution in [3.63, 3.8) is 0 Å². The van der Waals surface area contributed by atoms with Crippen molar-refractivity contribution in [1.29, 1.82) is 0 Å².